The Morgan fingerprint density at radius 3 is 2.77 bits per heavy atom. The van der Waals surface area contributed by atoms with Crippen LogP contribution in [0.25, 0.3) is 0 Å². The van der Waals surface area contributed by atoms with Crippen molar-refractivity contribution in [1.29, 1.82) is 5.26 Å². The molecule has 0 N–H and O–H groups in total. The lowest BCUT2D eigenvalue weighted by atomic mass is 10.1. The van der Waals surface area contributed by atoms with E-state index in [4.69, 9.17) is 19.3 Å². The van der Waals surface area contributed by atoms with E-state index in [0.29, 0.717) is 41.3 Å². The summed E-state index contributed by atoms with van der Waals surface area (Å²) in [6.45, 7) is 6.72. The highest BCUT2D eigenvalue weighted by molar-refractivity contribution is 5.46. The summed E-state index contributed by atoms with van der Waals surface area (Å²) in [4.78, 5) is 4.28. The average Bonchev–Trinajstić information content (AvgIpc) is 2.93. The maximum Gasteiger partial charge on any atom is 0.264 e. The number of aromatic nitrogens is 2. The molecule has 1 aromatic carbocycles. The summed E-state index contributed by atoms with van der Waals surface area (Å²) in [5.41, 5.74) is 0.521. The van der Waals surface area contributed by atoms with Crippen LogP contribution in [0.15, 0.2) is 22.7 Å². The lowest BCUT2D eigenvalue weighted by Gasteiger charge is -2.10. The van der Waals surface area contributed by atoms with Crippen molar-refractivity contribution >= 4 is 0 Å². The first-order valence-corrected chi connectivity index (χ1v) is 7.23. The Kier molecular flexibility index (Phi) is 5.37. The highest BCUT2D eigenvalue weighted by atomic mass is 16.5. The molecule has 0 unspecified atom stereocenters. The van der Waals surface area contributed by atoms with Crippen molar-refractivity contribution in [3.8, 4) is 17.6 Å². The van der Waals surface area contributed by atoms with Gasteiger partial charge in [-0.1, -0.05) is 19.0 Å². The van der Waals surface area contributed by atoms with E-state index < -0.39 is 0 Å². The number of nitrogens with zero attached hydrogens (tertiary/aromatic N) is 3. The van der Waals surface area contributed by atoms with Gasteiger partial charge >= 0.3 is 0 Å². The molecule has 116 valence electrons. The molecular formula is C16H19N3O3. The van der Waals surface area contributed by atoms with Gasteiger partial charge in [-0.2, -0.15) is 10.2 Å². The van der Waals surface area contributed by atoms with Crippen molar-refractivity contribution in [2.24, 2.45) is 5.92 Å². The summed E-state index contributed by atoms with van der Waals surface area (Å²) in [6, 6.07) is 7.10. The fraction of sp³-hybridized carbons (Fsp3) is 0.438. The van der Waals surface area contributed by atoms with Gasteiger partial charge in [0.1, 0.15) is 0 Å². The van der Waals surface area contributed by atoms with Gasteiger partial charge in [0.25, 0.3) is 5.89 Å². The molecule has 0 radical (unpaired) electrons. The molecule has 22 heavy (non-hydrogen) atoms. The maximum atomic E-state index is 8.92. The Hall–Kier alpha value is -2.55. The molecule has 0 aliphatic carbocycles. The Balaban J connectivity index is 2.04. The summed E-state index contributed by atoms with van der Waals surface area (Å²) in [6.07, 6.45) is 0.768. The lowest BCUT2D eigenvalue weighted by Crippen LogP contribution is -2.01. The zero-order chi connectivity index (χ0) is 15.9. The van der Waals surface area contributed by atoms with E-state index in [1.165, 1.54) is 0 Å². The Labute approximate surface area is 129 Å². The maximum absolute atomic E-state index is 8.92. The van der Waals surface area contributed by atoms with Gasteiger partial charge in [-0.15, -0.1) is 0 Å². The molecule has 2 rings (SSSR count). The second-order valence-electron chi connectivity index (χ2n) is 5.20. The molecule has 0 atom stereocenters. The predicted molar refractivity (Wildman–Crippen MR) is 79.5 cm³/mol. The molecule has 0 aliphatic heterocycles. The van der Waals surface area contributed by atoms with E-state index >= 15 is 0 Å². The van der Waals surface area contributed by atoms with E-state index in [1.54, 1.807) is 18.2 Å². The van der Waals surface area contributed by atoms with E-state index in [0.717, 1.165) is 6.42 Å². The molecule has 0 fully saturated rings. The summed E-state index contributed by atoms with van der Waals surface area (Å²) in [7, 11) is 0. The van der Waals surface area contributed by atoms with Crippen LogP contribution in [0.3, 0.4) is 0 Å². The first-order chi connectivity index (χ1) is 10.6. The van der Waals surface area contributed by atoms with Gasteiger partial charge in [0.15, 0.2) is 23.9 Å². The van der Waals surface area contributed by atoms with E-state index in [9.17, 15) is 0 Å². The van der Waals surface area contributed by atoms with Crippen LogP contribution in [0.1, 0.15) is 38.0 Å². The van der Waals surface area contributed by atoms with Crippen molar-refractivity contribution in [2.75, 3.05) is 6.61 Å². The summed E-state index contributed by atoms with van der Waals surface area (Å²) < 4.78 is 16.3. The number of hydrogen-bond donors (Lipinski definition) is 0. The van der Waals surface area contributed by atoms with Gasteiger partial charge in [-0.05, 0) is 25.0 Å². The molecule has 1 aromatic heterocycles. The third-order valence-electron chi connectivity index (χ3n) is 2.82. The largest absolute Gasteiger partial charge is 0.490 e. The van der Waals surface area contributed by atoms with Crippen molar-refractivity contribution < 1.29 is 14.0 Å². The summed E-state index contributed by atoms with van der Waals surface area (Å²) in [5, 5.41) is 12.8. The van der Waals surface area contributed by atoms with Crippen molar-refractivity contribution in [3.05, 3.63) is 35.5 Å². The predicted octanol–water partition coefficient (Wildman–Crippen LogP) is 3.12. The van der Waals surface area contributed by atoms with Crippen LogP contribution >= 0.6 is 0 Å². The molecule has 6 nitrogen and oxygen atoms in total. The van der Waals surface area contributed by atoms with Crippen LogP contribution in [0.4, 0.5) is 0 Å². The second-order valence-corrected chi connectivity index (χ2v) is 5.20. The van der Waals surface area contributed by atoms with E-state index in [-0.39, 0.29) is 6.61 Å². The van der Waals surface area contributed by atoms with E-state index in [1.807, 2.05) is 6.92 Å². The molecule has 2 aromatic rings. The van der Waals surface area contributed by atoms with Gasteiger partial charge < -0.3 is 14.0 Å². The smallest absolute Gasteiger partial charge is 0.264 e. The second kappa shape index (κ2) is 7.46. The Morgan fingerprint density at radius 2 is 2.09 bits per heavy atom. The van der Waals surface area contributed by atoms with Crippen LogP contribution in [-0.4, -0.2) is 16.7 Å². The van der Waals surface area contributed by atoms with Crippen LogP contribution in [0, 0.1) is 17.2 Å². The number of hydrogen-bond acceptors (Lipinski definition) is 6. The Morgan fingerprint density at radius 1 is 1.27 bits per heavy atom. The van der Waals surface area contributed by atoms with Crippen molar-refractivity contribution in [3.63, 3.8) is 0 Å². The van der Waals surface area contributed by atoms with Crippen LogP contribution in [0.2, 0.25) is 0 Å². The highest BCUT2D eigenvalue weighted by Crippen LogP contribution is 2.29. The minimum atomic E-state index is 0.164. The average molecular weight is 301 g/mol. The fourth-order valence-electron chi connectivity index (χ4n) is 1.90. The van der Waals surface area contributed by atoms with Crippen LogP contribution in [0.5, 0.6) is 11.5 Å². The third kappa shape index (κ3) is 4.22. The molecule has 1 heterocycles. The molecule has 6 heteroatoms. The van der Waals surface area contributed by atoms with E-state index in [2.05, 4.69) is 30.1 Å². The SMILES string of the molecule is CCOc1cc(C#N)ccc1OCc1nc(CC(C)C)no1. The van der Waals surface area contributed by atoms with Gasteiger partial charge in [0, 0.05) is 12.5 Å². The topological polar surface area (TPSA) is 81.2 Å². The number of nitriles is 1. The van der Waals surface area contributed by atoms with Gasteiger partial charge in [-0.25, -0.2) is 0 Å². The zero-order valence-corrected chi connectivity index (χ0v) is 13.0. The minimum absolute atomic E-state index is 0.164. The fourth-order valence-corrected chi connectivity index (χ4v) is 1.90. The molecule has 0 saturated heterocycles. The first kappa shape index (κ1) is 15.8. The monoisotopic (exact) mass is 301 g/mol. The molecule has 0 saturated carbocycles. The standard InChI is InChI=1S/C16H19N3O3/c1-4-20-14-8-12(9-17)5-6-13(14)21-10-16-18-15(19-22-16)7-11(2)3/h5-6,8,11H,4,7,10H2,1-3H3. The lowest BCUT2D eigenvalue weighted by molar-refractivity contribution is 0.228. The van der Waals surface area contributed by atoms with Crippen molar-refractivity contribution in [1.82, 2.24) is 10.1 Å². The number of rotatable bonds is 7. The molecule has 0 bridgehead atoms. The molecular weight excluding hydrogens is 282 g/mol. The molecule has 0 spiro atoms. The van der Waals surface area contributed by atoms with Crippen LogP contribution < -0.4 is 9.47 Å². The van der Waals surface area contributed by atoms with Gasteiger partial charge in [-0.3, -0.25) is 0 Å². The highest BCUT2D eigenvalue weighted by Gasteiger charge is 2.11. The molecule has 0 aliphatic rings. The van der Waals surface area contributed by atoms with Crippen molar-refractivity contribution in [2.45, 2.75) is 33.8 Å². The summed E-state index contributed by atoms with van der Waals surface area (Å²) >= 11 is 0. The number of ether oxygens (including phenoxy) is 2. The normalized spacial score (nSPS) is 10.5. The minimum Gasteiger partial charge on any atom is -0.490 e. The summed E-state index contributed by atoms with van der Waals surface area (Å²) in [5.74, 6) is 2.64. The zero-order valence-electron chi connectivity index (χ0n) is 13.0. The number of benzene rings is 1. The molecule has 0 amide bonds. The third-order valence-corrected chi connectivity index (χ3v) is 2.82. The van der Waals surface area contributed by atoms with Crippen LogP contribution in [-0.2, 0) is 13.0 Å². The van der Waals surface area contributed by atoms with Gasteiger partial charge in [0.2, 0.25) is 0 Å². The Bertz CT molecular complexity index is 659. The first-order valence-electron chi connectivity index (χ1n) is 7.23. The van der Waals surface area contributed by atoms with Gasteiger partial charge in [0.05, 0.1) is 18.2 Å². The quantitative estimate of drug-likeness (QED) is 0.781.